The van der Waals surface area contributed by atoms with Crippen molar-refractivity contribution in [2.45, 2.75) is 0 Å². The number of nitrogens with zero attached hydrogens (tertiary/aromatic N) is 4. The van der Waals surface area contributed by atoms with Gasteiger partial charge < -0.3 is 0 Å². The monoisotopic (exact) mass is 702 g/mol. The second-order valence-electron chi connectivity index (χ2n) is 13.7. The molecule has 0 radical (unpaired) electrons. The van der Waals surface area contributed by atoms with Gasteiger partial charge in [0.15, 0.2) is 5.82 Å². The van der Waals surface area contributed by atoms with Gasteiger partial charge >= 0.3 is 0 Å². The predicted molar refractivity (Wildman–Crippen MR) is 227 cm³/mol. The van der Waals surface area contributed by atoms with Crippen LogP contribution in [0.15, 0.2) is 206 Å². The van der Waals surface area contributed by atoms with Gasteiger partial charge in [-0.25, -0.2) is 14.6 Å². The van der Waals surface area contributed by atoms with Crippen molar-refractivity contribution in [2.75, 3.05) is 0 Å². The molecule has 0 fully saturated rings. The number of hydrogen-bond acceptors (Lipinski definition) is 3. The van der Waals surface area contributed by atoms with Crippen molar-refractivity contribution in [1.82, 2.24) is 19.7 Å². The zero-order valence-electron chi connectivity index (χ0n) is 29.9. The molecule has 4 nitrogen and oxygen atoms in total. The molecule has 258 valence electrons. The summed E-state index contributed by atoms with van der Waals surface area (Å²) in [5.41, 5.74) is 13.4. The molecule has 0 saturated carbocycles. The average Bonchev–Trinajstić information content (AvgIpc) is 3.69. The first-order valence-corrected chi connectivity index (χ1v) is 18.5. The molecule has 8 aromatic carbocycles. The second kappa shape index (κ2) is 13.8. The van der Waals surface area contributed by atoms with Crippen LogP contribution in [0.5, 0.6) is 0 Å². The smallest absolute Gasteiger partial charge is 0.160 e. The zero-order chi connectivity index (χ0) is 36.6. The Morgan fingerprint density at radius 1 is 0.364 bits per heavy atom. The molecule has 0 N–H and O–H groups in total. The molecule has 10 aromatic rings. The first-order valence-electron chi connectivity index (χ1n) is 18.5. The Balaban J connectivity index is 1.22. The van der Waals surface area contributed by atoms with Crippen molar-refractivity contribution < 1.29 is 0 Å². The van der Waals surface area contributed by atoms with E-state index in [4.69, 9.17) is 15.1 Å². The van der Waals surface area contributed by atoms with Gasteiger partial charge in [-0.2, -0.15) is 5.10 Å². The van der Waals surface area contributed by atoms with E-state index in [2.05, 4.69) is 193 Å². The maximum Gasteiger partial charge on any atom is 0.160 e. The average molecular weight is 703 g/mol. The maximum absolute atomic E-state index is 5.40. The fourth-order valence-corrected chi connectivity index (χ4v) is 7.52. The highest BCUT2D eigenvalue weighted by Gasteiger charge is 2.22. The molecule has 2 heterocycles. The van der Waals surface area contributed by atoms with Crippen LogP contribution in [0.3, 0.4) is 0 Å². The van der Waals surface area contributed by atoms with E-state index in [1.54, 1.807) is 0 Å². The van der Waals surface area contributed by atoms with E-state index >= 15 is 0 Å². The highest BCUT2D eigenvalue weighted by molar-refractivity contribution is 6.17. The standard InChI is InChI=1S/C51H34N4/c1-6-16-35(17-7-1)36-26-28-40(29-27-36)51-52-46(38-20-10-3-11-21-38)34-47(53-51)42-31-30-41-32-44(37-18-8-2-9-19-37)48-49(39-22-12-4-13-23-39)54-55(50(48)45(41)33-42)43-24-14-5-15-25-43/h1-34H. The van der Waals surface area contributed by atoms with Gasteiger partial charge in [-0.3, -0.25) is 0 Å². The third kappa shape index (κ3) is 6.06. The Labute approximate surface area is 319 Å². The molecular formula is C51H34N4. The molecule has 0 bridgehead atoms. The van der Waals surface area contributed by atoms with Crippen LogP contribution in [0, 0.1) is 0 Å². The lowest BCUT2D eigenvalue weighted by Crippen LogP contribution is -1.98. The van der Waals surface area contributed by atoms with Crippen LogP contribution in [-0.2, 0) is 0 Å². The molecule has 0 saturated heterocycles. The van der Waals surface area contributed by atoms with E-state index in [9.17, 15) is 0 Å². The van der Waals surface area contributed by atoms with Gasteiger partial charge in [0.1, 0.15) is 5.69 Å². The van der Waals surface area contributed by atoms with E-state index in [1.807, 2.05) is 18.2 Å². The van der Waals surface area contributed by atoms with Gasteiger partial charge in [-0.1, -0.05) is 176 Å². The molecule has 4 heteroatoms. The van der Waals surface area contributed by atoms with Crippen molar-refractivity contribution in [1.29, 1.82) is 0 Å². The third-order valence-electron chi connectivity index (χ3n) is 10.2. The summed E-state index contributed by atoms with van der Waals surface area (Å²) in [5.74, 6) is 0.682. The summed E-state index contributed by atoms with van der Waals surface area (Å²) in [7, 11) is 0. The van der Waals surface area contributed by atoms with Crippen LogP contribution in [0.1, 0.15) is 0 Å². The van der Waals surface area contributed by atoms with Crippen LogP contribution < -0.4 is 0 Å². The van der Waals surface area contributed by atoms with Gasteiger partial charge in [0.25, 0.3) is 0 Å². The fraction of sp³-hybridized carbons (Fsp3) is 0. The van der Waals surface area contributed by atoms with Crippen molar-refractivity contribution in [3.05, 3.63) is 206 Å². The summed E-state index contributed by atoms with van der Waals surface area (Å²) in [6.45, 7) is 0. The second-order valence-corrected chi connectivity index (χ2v) is 13.7. The maximum atomic E-state index is 5.40. The van der Waals surface area contributed by atoms with Crippen LogP contribution in [-0.4, -0.2) is 19.7 Å². The summed E-state index contributed by atoms with van der Waals surface area (Å²) >= 11 is 0. The van der Waals surface area contributed by atoms with Crippen molar-refractivity contribution in [2.24, 2.45) is 0 Å². The topological polar surface area (TPSA) is 43.6 Å². The highest BCUT2D eigenvalue weighted by Crippen LogP contribution is 2.43. The van der Waals surface area contributed by atoms with Crippen molar-refractivity contribution in [3.63, 3.8) is 0 Å². The number of hydrogen-bond donors (Lipinski definition) is 0. The summed E-state index contributed by atoms with van der Waals surface area (Å²) in [4.78, 5) is 10.4. The van der Waals surface area contributed by atoms with E-state index in [0.29, 0.717) is 5.82 Å². The van der Waals surface area contributed by atoms with Crippen molar-refractivity contribution in [3.8, 4) is 73.1 Å². The third-order valence-corrected chi connectivity index (χ3v) is 10.2. The molecular weight excluding hydrogens is 669 g/mol. The van der Waals surface area contributed by atoms with Gasteiger partial charge in [-0.15, -0.1) is 0 Å². The summed E-state index contributed by atoms with van der Waals surface area (Å²) in [5, 5.41) is 8.73. The Morgan fingerprint density at radius 2 is 0.855 bits per heavy atom. The number of rotatable bonds is 7. The fourth-order valence-electron chi connectivity index (χ4n) is 7.52. The van der Waals surface area contributed by atoms with E-state index in [-0.39, 0.29) is 0 Å². The number of para-hydroxylation sites is 1. The number of fused-ring (bicyclic) bond motifs is 3. The van der Waals surface area contributed by atoms with Gasteiger partial charge in [0, 0.05) is 33.0 Å². The van der Waals surface area contributed by atoms with E-state index < -0.39 is 0 Å². The summed E-state index contributed by atoms with van der Waals surface area (Å²) in [6.07, 6.45) is 0. The SMILES string of the molecule is c1ccc(-c2ccc(-c3nc(-c4ccccc4)cc(-c4ccc5cc(-c6ccccc6)c6c(-c7ccccc7)nn(-c7ccccc7)c6c5c4)n3)cc2)cc1. The predicted octanol–water partition coefficient (Wildman–Crippen LogP) is 13.0. The minimum Gasteiger partial charge on any atom is -0.232 e. The molecule has 0 unspecified atom stereocenters. The minimum atomic E-state index is 0.682. The summed E-state index contributed by atoms with van der Waals surface area (Å²) in [6, 6.07) is 72.0. The minimum absolute atomic E-state index is 0.682. The van der Waals surface area contributed by atoms with Crippen LogP contribution in [0.2, 0.25) is 0 Å². The normalized spacial score (nSPS) is 11.3. The Kier molecular flexibility index (Phi) is 8.12. The van der Waals surface area contributed by atoms with Gasteiger partial charge in [-0.05, 0) is 58.0 Å². The Morgan fingerprint density at radius 3 is 1.49 bits per heavy atom. The molecule has 0 spiro atoms. The molecule has 2 aromatic heterocycles. The van der Waals surface area contributed by atoms with Crippen LogP contribution >= 0.6 is 0 Å². The van der Waals surface area contributed by atoms with E-state index in [0.717, 1.165) is 83.4 Å². The Hall–Kier alpha value is -7.43. The first kappa shape index (κ1) is 32.2. The van der Waals surface area contributed by atoms with Crippen LogP contribution in [0.25, 0.3) is 94.8 Å². The lowest BCUT2D eigenvalue weighted by Gasteiger charge is -2.13. The lowest BCUT2D eigenvalue weighted by atomic mass is 9.92. The largest absolute Gasteiger partial charge is 0.232 e. The number of benzene rings is 8. The molecule has 55 heavy (non-hydrogen) atoms. The molecule has 0 aliphatic rings. The molecule has 0 atom stereocenters. The van der Waals surface area contributed by atoms with E-state index in [1.165, 1.54) is 5.56 Å². The first-order chi connectivity index (χ1) is 27.3. The van der Waals surface area contributed by atoms with Crippen molar-refractivity contribution >= 4 is 21.7 Å². The Bertz CT molecular complexity index is 2920. The highest BCUT2D eigenvalue weighted by atomic mass is 15.3. The zero-order valence-corrected chi connectivity index (χ0v) is 29.9. The molecule has 10 rings (SSSR count). The molecule has 0 aliphatic heterocycles. The van der Waals surface area contributed by atoms with Gasteiger partial charge in [0.05, 0.1) is 22.6 Å². The number of aromatic nitrogens is 4. The quantitative estimate of drug-likeness (QED) is 0.166. The molecule has 0 amide bonds. The molecule has 0 aliphatic carbocycles. The van der Waals surface area contributed by atoms with Crippen LogP contribution in [0.4, 0.5) is 0 Å². The summed E-state index contributed by atoms with van der Waals surface area (Å²) < 4.78 is 2.12. The lowest BCUT2D eigenvalue weighted by molar-refractivity contribution is 0.918. The van der Waals surface area contributed by atoms with Gasteiger partial charge in [0.2, 0.25) is 0 Å².